The SMILES string of the molecule is Cc1ccc(C(=O)O)cc1Nc1ccc(N)cn1. The Hall–Kier alpha value is -2.56. The molecular formula is C13H13N3O2. The lowest BCUT2D eigenvalue weighted by atomic mass is 10.1. The first-order valence-corrected chi connectivity index (χ1v) is 5.39. The molecule has 2 rings (SSSR count). The monoisotopic (exact) mass is 243 g/mol. The number of carbonyl (C=O) groups is 1. The van der Waals surface area contributed by atoms with Crippen LogP contribution < -0.4 is 11.1 Å². The van der Waals surface area contributed by atoms with Crippen molar-refractivity contribution in [1.29, 1.82) is 0 Å². The van der Waals surface area contributed by atoms with Gasteiger partial charge in [0.2, 0.25) is 0 Å². The van der Waals surface area contributed by atoms with Crippen LogP contribution in [-0.4, -0.2) is 16.1 Å². The molecule has 4 N–H and O–H groups in total. The summed E-state index contributed by atoms with van der Waals surface area (Å²) in [5.41, 5.74) is 8.02. The van der Waals surface area contributed by atoms with Crippen LogP contribution >= 0.6 is 0 Å². The number of nitrogens with zero attached hydrogens (tertiary/aromatic N) is 1. The Balaban J connectivity index is 2.30. The average Bonchev–Trinajstić information content (AvgIpc) is 2.34. The number of aromatic nitrogens is 1. The lowest BCUT2D eigenvalue weighted by Crippen LogP contribution is -2.01. The minimum atomic E-state index is -0.955. The first kappa shape index (κ1) is 11.9. The number of nitrogens with two attached hydrogens (primary N) is 1. The largest absolute Gasteiger partial charge is 0.478 e. The Kier molecular flexibility index (Phi) is 3.14. The van der Waals surface area contributed by atoms with Crippen LogP contribution in [-0.2, 0) is 0 Å². The predicted octanol–water partition coefficient (Wildman–Crippen LogP) is 2.41. The fraction of sp³-hybridized carbons (Fsp3) is 0.0769. The summed E-state index contributed by atoms with van der Waals surface area (Å²) in [6.07, 6.45) is 1.54. The van der Waals surface area contributed by atoms with Crippen molar-refractivity contribution in [2.24, 2.45) is 0 Å². The van der Waals surface area contributed by atoms with Crippen LogP contribution in [0.15, 0.2) is 36.5 Å². The average molecular weight is 243 g/mol. The fourth-order valence-corrected chi connectivity index (χ4v) is 1.51. The molecule has 1 heterocycles. The van der Waals surface area contributed by atoms with Crippen molar-refractivity contribution in [3.05, 3.63) is 47.7 Å². The third-order valence-electron chi connectivity index (χ3n) is 2.53. The van der Waals surface area contributed by atoms with Gasteiger partial charge in [-0.1, -0.05) is 6.07 Å². The van der Waals surface area contributed by atoms with Gasteiger partial charge in [-0.15, -0.1) is 0 Å². The molecule has 0 bridgehead atoms. The maximum Gasteiger partial charge on any atom is 0.335 e. The molecule has 0 amide bonds. The van der Waals surface area contributed by atoms with E-state index in [4.69, 9.17) is 10.8 Å². The van der Waals surface area contributed by atoms with Crippen LogP contribution in [0.2, 0.25) is 0 Å². The maximum atomic E-state index is 10.9. The van der Waals surface area contributed by atoms with E-state index in [1.807, 2.05) is 6.92 Å². The van der Waals surface area contributed by atoms with E-state index in [2.05, 4.69) is 10.3 Å². The Morgan fingerprint density at radius 2 is 2.11 bits per heavy atom. The summed E-state index contributed by atoms with van der Waals surface area (Å²) in [7, 11) is 0. The molecule has 0 atom stereocenters. The highest BCUT2D eigenvalue weighted by atomic mass is 16.4. The maximum absolute atomic E-state index is 10.9. The topological polar surface area (TPSA) is 88.2 Å². The van der Waals surface area contributed by atoms with Crippen LogP contribution in [0.4, 0.5) is 17.2 Å². The normalized spacial score (nSPS) is 10.1. The van der Waals surface area contributed by atoms with Crippen molar-refractivity contribution in [3.63, 3.8) is 0 Å². The smallest absolute Gasteiger partial charge is 0.335 e. The van der Waals surface area contributed by atoms with Crippen LogP contribution in [0.3, 0.4) is 0 Å². The third-order valence-corrected chi connectivity index (χ3v) is 2.53. The van der Waals surface area contributed by atoms with E-state index in [0.717, 1.165) is 5.56 Å². The number of nitrogen functional groups attached to an aromatic ring is 1. The molecule has 0 radical (unpaired) electrons. The van der Waals surface area contributed by atoms with Crippen LogP contribution in [0.1, 0.15) is 15.9 Å². The number of carboxylic acid groups (broad SMARTS) is 1. The lowest BCUT2D eigenvalue weighted by molar-refractivity contribution is 0.0697. The van der Waals surface area contributed by atoms with Crippen LogP contribution in [0, 0.1) is 6.92 Å². The summed E-state index contributed by atoms with van der Waals surface area (Å²) >= 11 is 0. The van der Waals surface area contributed by atoms with Gasteiger partial charge < -0.3 is 16.2 Å². The zero-order chi connectivity index (χ0) is 13.1. The molecule has 0 saturated heterocycles. The van der Waals surface area contributed by atoms with Crippen molar-refractivity contribution < 1.29 is 9.90 Å². The minimum absolute atomic E-state index is 0.235. The molecule has 0 aliphatic rings. The molecule has 18 heavy (non-hydrogen) atoms. The van der Waals surface area contributed by atoms with E-state index >= 15 is 0 Å². The van der Waals surface area contributed by atoms with Gasteiger partial charge in [-0.2, -0.15) is 0 Å². The van der Waals surface area contributed by atoms with Crippen molar-refractivity contribution in [2.75, 3.05) is 11.1 Å². The van der Waals surface area contributed by atoms with Gasteiger partial charge in [0.15, 0.2) is 0 Å². The molecule has 0 fully saturated rings. The summed E-state index contributed by atoms with van der Waals surface area (Å²) < 4.78 is 0. The molecule has 92 valence electrons. The molecule has 0 unspecified atom stereocenters. The van der Waals surface area contributed by atoms with Gasteiger partial charge in [0, 0.05) is 5.69 Å². The molecule has 1 aromatic carbocycles. The van der Waals surface area contributed by atoms with Gasteiger partial charge in [0.1, 0.15) is 5.82 Å². The number of pyridine rings is 1. The van der Waals surface area contributed by atoms with Gasteiger partial charge in [-0.25, -0.2) is 9.78 Å². The number of aromatic carboxylic acids is 1. The van der Waals surface area contributed by atoms with E-state index in [1.165, 1.54) is 0 Å². The Bertz CT molecular complexity index is 579. The van der Waals surface area contributed by atoms with E-state index in [1.54, 1.807) is 36.5 Å². The molecule has 0 spiro atoms. The molecule has 5 heteroatoms. The lowest BCUT2D eigenvalue weighted by Gasteiger charge is -2.09. The third kappa shape index (κ3) is 2.57. The standard InChI is InChI=1S/C13H13N3O2/c1-8-2-3-9(13(17)18)6-11(8)16-12-5-4-10(14)7-15-12/h2-7H,14H2,1H3,(H,15,16)(H,17,18). The highest BCUT2D eigenvalue weighted by molar-refractivity contribution is 5.89. The number of aryl methyl sites for hydroxylation is 1. The summed E-state index contributed by atoms with van der Waals surface area (Å²) in [5.74, 6) is -0.335. The second-order valence-electron chi connectivity index (χ2n) is 3.94. The zero-order valence-corrected chi connectivity index (χ0v) is 9.84. The van der Waals surface area contributed by atoms with Gasteiger partial charge in [0.25, 0.3) is 0 Å². The number of nitrogens with one attached hydrogen (secondary N) is 1. The van der Waals surface area contributed by atoms with E-state index in [0.29, 0.717) is 17.2 Å². The number of carboxylic acids is 1. The first-order chi connectivity index (χ1) is 8.56. The molecule has 1 aromatic heterocycles. The second-order valence-corrected chi connectivity index (χ2v) is 3.94. The number of hydrogen-bond donors (Lipinski definition) is 3. The highest BCUT2D eigenvalue weighted by Gasteiger charge is 2.06. The zero-order valence-electron chi connectivity index (χ0n) is 9.84. The minimum Gasteiger partial charge on any atom is -0.478 e. The molecular weight excluding hydrogens is 230 g/mol. The Labute approximate surface area is 104 Å². The molecule has 0 saturated carbocycles. The Morgan fingerprint density at radius 1 is 1.33 bits per heavy atom. The predicted molar refractivity (Wildman–Crippen MR) is 70.1 cm³/mol. The van der Waals surface area contributed by atoms with Crippen LogP contribution in [0.5, 0.6) is 0 Å². The van der Waals surface area contributed by atoms with E-state index < -0.39 is 5.97 Å². The molecule has 0 aliphatic carbocycles. The molecule has 2 aromatic rings. The van der Waals surface area contributed by atoms with Crippen molar-refractivity contribution in [3.8, 4) is 0 Å². The van der Waals surface area contributed by atoms with Crippen molar-refractivity contribution in [2.45, 2.75) is 6.92 Å². The molecule has 5 nitrogen and oxygen atoms in total. The number of rotatable bonds is 3. The fourth-order valence-electron chi connectivity index (χ4n) is 1.51. The number of hydrogen-bond acceptors (Lipinski definition) is 4. The van der Waals surface area contributed by atoms with Crippen molar-refractivity contribution in [1.82, 2.24) is 4.98 Å². The summed E-state index contributed by atoms with van der Waals surface area (Å²) in [6.45, 7) is 1.89. The van der Waals surface area contributed by atoms with Crippen molar-refractivity contribution >= 4 is 23.2 Å². The summed E-state index contributed by atoms with van der Waals surface area (Å²) in [6, 6.07) is 8.37. The number of benzene rings is 1. The van der Waals surface area contributed by atoms with Gasteiger partial charge in [-0.05, 0) is 36.8 Å². The molecule has 0 aliphatic heterocycles. The van der Waals surface area contributed by atoms with Crippen LogP contribution in [0.25, 0.3) is 0 Å². The van der Waals surface area contributed by atoms with Gasteiger partial charge in [0.05, 0.1) is 17.4 Å². The first-order valence-electron chi connectivity index (χ1n) is 5.39. The number of anilines is 3. The quantitative estimate of drug-likeness (QED) is 0.770. The van der Waals surface area contributed by atoms with Gasteiger partial charge >= 0.3 is 5.97 Å². The van der Waals surface area contributed by atoms with E-state index in [9.17, 15) is 4.79 Å². The van der Waals surface area contributed by atoms with Gasteiger partial charge in [-0.3, -0.25) is 0 Å². The summed E-state index contributed by atoms with van der Waals surface area (Å²) in [4.78, 5) is 15.0. The van der Waals surface area contributed by atoms with E-state index in [-0.39, 0.29) is 5.56 Å². The Morgan fingerprint density at radius 3 is 2.72 bits per heavy atom. The highest BCUT2D eigenvalue weighted by Crippen LogP contribution is 2.21. The second kappa shape index (κ2) is 4.75. The summed E-state index contributed by atoms with van der Waals surface area (Å²) in [5, 5.41) is 12.0.